The van der Waals surface area contributed by atoms with Gasteiger partial charge in [0.05, 0.1) is 24.7 Å². The zero-order valence-electron chi connectivity index (χ0n) is 18.8. The molecule has 1 aliphatic heterocycles. The van der Waals surface area contributed by atoms with Crippen LogP contribution in [0.4, 0.5) is 17.6 Å². The van der Waals surface area contributed by atoms with Crippen LogP contribution in [0.3, 0.4) is 0 Å². The number of methoxy groups -OCH3 is 1. The lowest BCUT2D eigenvalue weighted by molar-refractivity contribution is -0.244. The Morgan fingerprint density at radius 1 is 1.34 bits per heavy atom. The topological polar surface area (TPSA) is 76.0 Å². The van der Waals surface area contributed by atoms with Crippen LogP contribution in [0.1, 0.15) is 58.8 Å². The van der Waals surface area contributed by atoms with Gasteiger partial charge in [0.25, 0.3) is 0 Å². The number of ether oxygens (including phenoxy) is 2. The van der Waals surface area contributed by atoms with Gasteiger partial charge in [0.2, 0.25) is 0 Å². The first kappa shape index (κ1) is 26.6. The van der Waals surface area contributed by atoms with E-state index in [4.69, 9.17) is 4.74 Å². The van der Waals surface area contributed by atoms with Crippen LogP contribution in [0.15, 0.2) is 24.0 Å². The molecule has 0 aromatic carbocycles. The largest absolute Gasteiger partial charge is 0.491 e. The lowest BCUT2D eigenvalue weighted by Crippen LogP contribution is -2.44. The van der Waals surface area contributed by atoms with Crippen molar-refractivity contribution >= 4 is 5.97 Å². The molecule has 184 valence electrons. The Morgan fingerprint density at radius 3 is 2.62 bits per heavy atom. The number of allylic oxidation sites excluding steroid dienone is 2. The number of rotatable bonds is 10. The minimum atomic E-state index is -4.61. The molecular formula is C23H34F4O5. The first-order chi connectivity index (χ1) is 15.0. The number of hydrogen-bond donors (Lipinski definition) is 2. The van der Waals surface area contributed by atoms with Gasteiger partial charge in [-0.05, 0) is 32.3 Å². The van der Waals surface area contributed by atoms with Crippen molar-refractivity contribution < 1.29 is 42.0 Å². The van der Waals surface area contributed by atoms with Gasteiger partial charge < -0.3 is 19.7 Å². The molecule has 9 heteroatoms. The van der Waals surface area contributed by atoms with Crippen molar-refractivity contribution in [1.29, 1.82) is 0 Å². The standard InChI is InChI=1S/C23H34F4O5/c1-4-5-12-22(2,23(25,26)27)18(29)11-10-14-15(28)13-17-20(14)21(24)16(32-17)8-6-7-9-19(30)31-3/h8,10-11,14-15,17-18,20-21,28-29H,4-7,9,12-13H2,1-3H3/t14-,15+,17+,18+,20+,21+,22?/m0/s1. The predicted octanol–water partition coefficient (Wildman–Crippen LogP) is 4.62. The average molecular weight is 467 g/mol. The highest BCUT2D eigenvalue weighted by Crippen LogP contribution is 2.48. The summed E-state index contributed by atoms with van der Waals surface area (Å²) in [6, 6.07) is 0. The molecule has 0 spiro atoms. The van der Waals surface area contributed by atoms with E-state index in [9.17, 15) is 28.2 Å². The normalized spacial score (nSPS) is 32.0. The monoisotopic (exact) mass is 466 g/mol. The summed E-state index contributed by atoms with van der Waals surface area (Å²) in [6.45, 7) is 2.76. The Hall–Kier alpha value is -1.61. The first-order valence-electron chi connectivity index (χ1n) is 11.1. The van der Waals surface area contributed by atoms with Gasteiger partial charge in [0.15, 0.2) is 6.17 Å². The second-order valence-corrected chi connectivity index (χ2v) is 8.94. The van der Waals surface area contributed by atoms with Crippen LogP contribution < -0.4 is 0 Å². The van der Waals surface area contributed by atoms with E-state index in [2.05, 4.69) is 4.74 Å². The summed E-state index contributed by atoms with van der Waals surface area (Å²) in [7, 11) is 1.29. The molecule has 0 bridgehead atoms. The van der Waals surface area contributed by atoms with Crippen molar-refractivity contribution in [2.75, 3.05) is 7.11 Å². The zero-order chi connectivity index (χ0) is 24.1. The van der Waals surface area contributed by atoms with Gasteiger partial charge in [-0.25, -0.2) is 4.39 Å². The van der Waals surface area contributed by atoms with Crippen molar-refractivity contribution in [3.05, 3.63) is 24.0 Å². The molecule has 2 fully saturated rings. The number of halogens is 4. The molecule has 0 amide bonds. The van der Waals surface area contributed by atoms with E-state index in [0.717, 1.165) is 13.0 Å². The lowest BCUT2D eigenvalue weighted by Gasteiger charge is -2.35. The van der Waals surface area contributed by atoms with Crippen molar-refractivity contribution in [1.82, 2.24) is 0 Å². The first-order valence-corrected chi connectivity index (χ1v) is 11.1. The number of hydrogen-bond acceptors (Lipinski definition) is 5. The van der Waals surface area contributed by atoms with E-state index in [-0.39, 0.29) is 31.0 Å². The Morgan fingerprint density at radius 2 is 2.03 bits per heavy atom. The smallest absolute Gasteiger partial charge is 0.397 e. The Bertz CT molecular complexity index is 692. The minimum Gasteiger partial charge on any atom is -0.491 e. The summed E-state index contributed by atoms with van der Waals surface area (Å²) < 4.78 is 66.2. The third-order valence-corrected chi connectivity index (χ3v) is 6.71. The maximum atomic E-state index is 15.1. The van der Waals surface area contributed by atoms with E-state index in [0.29, 0.717) is 25.7 Å². The van der Waals surface area contributed by atoms with Gasteiger partial charge in [0.1, 0.15) is 11.9 Å². The predicted molar refractivity (Wildman–Crippen MR) is 110 cm³/mol. The van der Waals surface area contributed by atoms with Crippen LogP contribution in [-0.4, -0.2) is 54.0 Å². The Labute approximate surface area is 186 Å². The van der Waals surface area contributed by atoms with Crippen molar-refractivity contribution in [3.63, 3.8) is 0 Å². The molecule has 5 nitrogen and oxygen atoms in total. The number of aliphatic hydroxyl groups is 2. The van der Waals surface area contributed by atoms with Gasteiger partial charge in [-0.3, -0.25) is 4.79 Å². The second-order valence-electron chi connectivity index (χ2n) is 8.94. The maximum Gasteiger partial charge on any atom is 0.397 e. The van der Waals surface area contributed by atoms with E-state index in [1.54, 1.807) is 13.0 Å². The summed E-state index contributed by atoms with van der Waals surface area (Å²) in [6.07, 6.45) is -3.71. The number of alkyl halides is 4. The number of fused-ring (bicyclic) bond motifs is 1. The molecular weight excluding hydrogens is 432 g/mol. The van der Waals surface area contributed by atoms with Crippen molar-refractivity contribution in [3.8, 4) is 0 Å². The third kappa shape index (κ3) is 5.84. The maximum absolute atomic E-state index is 15.1. The number of carbonyl (C=O) groups excluding carboxylic acids is 1. The minimum absolute atomic E-state index is 0.124. The molecule has 0 radical (unpaired) electrons. The summed E-state index contributed by atoms with van der Waals surface area (Å²) in [5.41, 5.74) is -2.32. The number of esters is 1. The Balaban J connectivity index is 2.08. The molecule has 2 rings (SSSR count). The number of unbranched alkanes of at least 4 members (excludes halogenated alkanes) is 2. The Kier molecular flexibility index (Phi) is 9.16. The van der Waals surface area contributed by atoms with Gasteiger partial charge in [-0.15, -0.1) is 0 Å². The van der Waals surface area contributed by atoms with Crippen LogP contribution in [0.25, 0.3) is 0 Å². The van der Waals surface area contributed by atoms with Gasteiger partial charge in [-0.2, -0.15) is 13.2 Å². The van der Waals surface area contributed by atoms with Crippen LogP contribution in [0.5, 0.6) is 0 Å². The van der Waals surface area contributed by atoms with Gasteiger partial charge in [0, 0.05) is 24.7 Å². The van der Waals surface area contributed by atoms with Crippen LogP contribution >= 0.6 is 0 Å². The third-order valence-electron chi connectivity index (χ3n) is 6.71. The molecule has 2 aliphatic rings. The molecule has 1 saturated carbocycles. The lowest BCUT2D eigenvalue weighted by atomic mass is 9.77. The summed E-state index contributed by atoms with van der Waals surface area (Å²) in [5.74, 6) is -1.75. The molecule has 1 saturated heterocycles. The summed E-state index contributed by atoms with van der Waals surface area (Å²) >= 11 is 0. The van der Waals surface area contributed by atoms with E-state index in [1.165, 1.54) is 13.2 Å². The quantitative estimate of drug-likeness (QED) is 0.213. The highest BCUT2D eigenvalue weighted by Gasteiger charge is 2.56. The van der Waals surface area contributed by atoms with Gasteiger partial charge in [-0.1, -0.05) is 31.9 Å². The van der Waals surface area contributed by atoms with Gasteiger partial charge >= 0.3 is 12.1 Å². The van der Waals surface area contributed by atoms with Crippen LogP contribution in [0.2, 0.25) is 0 Å². The fourth-order valence-electron chi connectivity index (χ4n) is 4.45. The average Bonchev–Trinajstić information content (AvgIpc) is 3.20. The molecule has 0 aromatic rings. The van der Waals surface area contributed by atoms with Crippen LogP contribution in [-0.2, 0) is 14.3 Å². The molecule has 32 heavy (non-hydrogen) atoms. The van der Waals surface area contributed by atoms with Crippen molar-refractivity contribution in [2.45, 2.75) is 89.5 Å². The molecule has 2 N–H and O–H groups in total. The van der Waals surface area contributed by atoms with E-state index < -0.39 is 47.9 Å². The molecule has 1 heterocycles. The number of aliphatic hydroxyl groups excluding tert-OH is 2. The van der Waals surface area contributed by atoms with E-state index in [1.807, 2.05) is 0 Å². The number of carbonyl (C=O) groups is 1. The summed E-state index contributed by atoms with van der Waals surface area (Å²) in [5, 5.41) is 20.7. The second kappa shape index (κ2) is 11.0. The fraction of sp³-hybridized carbons (Fsp3) is 0.783. The molecule has 0 aromatic heterocycles. The van der Waals surface area contributed by atoms with Crippen LogP contribution in [0, 0.1) is 17.3 Å². The van der Waals surface area contributed by atoms with Crippen molar-refractivity contribution in [2.24, 2.45) is 17.3 Å². The highest BCUT2D eigenvalue weighted by molar-refractivity contribution is 5.69. The summed E-state index contributed by atoms with van der Waals surface area (Å²) in [4.78, 5) is 11.2. The molecule has 7 atom stereocenters. The fourth-order valence-corrected chi connectivity index (χ4v) is 4.45. The molecule has 1 unspecified atom stereocenters. The highest BCUT2D eigenvalue weighted by atomic mass is 19.4. The SMILES string of the molecule is CCCCC(C)([C@H](O)C=C[C@@H]1[C@H]2[C@H](F)C(=CCCCC(=O)OC)O[C@@H]2C[C@H]1O)C(F)(F)F. The zero-order valence-corrected chi connectivity index (χ0v) is 18.8. The van der Waals surface area contributed by atoms with E-state index >= 15 is 4.39 Å². The molecule has 1 aliphatic carbocycles.